The second-order valence-corrected chi connectivity index (χ2v) is 6.76. The van der Waals surface area contributed by atoms with Crippen LogP contribution in [0.5, 0.6) is 11.5 Å². The molecule has 134 valence electrons. The largest absolute Gasteiger partial charge is 0.494 e. The Bertz CT molecular complexity index is 747. The molecule has 0 unspecified atom stereocenters. The Morgan fingerprint density at radius 2 is 1.92 bits per heavy atom. The number of thioether (sulfide) groups is 1. The molecule has 8 heteroatoms. The molecule has 2 aromatic rings. The van der Waals surface area contributed by atoms with Crippen LogP contribution in [-0.2, 0) is 0 Å². The van der Waals surface area contributed by atoms with Gasteiger partial charge in [0.2, 0.25) is 0 Å². The number of benzene rings is 1. The Kier molecular flexibility index (Phi) is 5.43. The lowest BCUT2D eigenvalue weighted by molar-refractivity contribution is -0.0786. The molecular formula is C17H18FNO5S. The molecule has 0 saturated carbocycles. The number of methoxy groups -OCH3 is 1. The Labute approximate surface area is 148 Å². The average Bonchev–Trinajstić information content (AvgIpc) is 2.62. The highest BCUT2D eigenvalue weighted by atomic mass is 32.2. The molecule has 1 aromatic heterocycles. The van der Waals surface area contributed by atoms with Crippen molar-refractivity contribution >= 4 is 11.8 Å². The summed E-state index contributed by atoms with van der Waals surface area (Å²) in [5.41, 5.74) is 0.501. The first-order chi connectivity index (χ1) is 12.0. The van der Waals surface area contributed by atoms with E-state index in [0.717, 1.165) is 0 Å². The van der Waals surface area contributed by atoms with Crippen LogP contribution in [0.25, 0.3) is 11.1 Å². The van der Waals surface area contributed by atoms with Gasteiger partial charge in [-0.25, -0.2) is 4.39 Å². The van der Waals surface area contributed by atoms with Crippen molar-refractivity contribution in [1.29, 1.82) is 0 Å². The summed E-state index contributed by atoms with van der Waals surface area (Å²) in [5.74, 6) is 0.286. The SMILES string of the molecule is COc1ccc(-c2cncc(O[C@@H]3SC[C@@H](O)[C@H](O)[C@H]3O)c2)cc1F. The number of hydrogen-bond donors (Lipinski definition) is 3. The summed E-state index contributed by atoms with van der Waals surface area (Å²) in [6.45, 7) is 0. The van der Waals surface area contributed by atoms with Gasteiger partial charge in [0.1, 0.15) is 18.0 Å². The number of nitrogens with zero attached hydrogens (tertiary/aromatic N) is 1. The maximum Gasteiger partial charge on any atom is 0.173 e. The van der Waals surface area contributed by atoms with Crippen molar-refractivity contribution in [3.8, 4) is 22.6 Å². The Morgan fingerprint density at radius 3 is 2.64 bits per heavy atom. The second kappa shape index (κ2) is 7.57. The highest BCUT2D eigenvalue weighted by Crippen LogP contribution is 2.31. The molecule has 0 amide bonds. The number of aliphatic hydroxyl groups excluding tert-OH is 3. The summed E-state index contributed by atoms with van der Waals surface area (Å²) in [7, 11) is 1.40. The summed E-state index contributed by atoms with van der Waals surface area (Å²) in [6, 6.07) is 6.23. The summed E-state index contributed by atoms with van der Waals surface area (Å²) >= 11 is 1.20. The number of hydrogen-bond acceptors (Lipinski definition) is 7. The third-order valence-electron chi connectivity index (χ3n) is 3.90. The lowest BCUT2D eigenvalue weighted by Gasteiger charge is -2.34. The van der Waals surface area contributed by atoms with E-state index >= 15 is 0 Å². The van der Waals surface area contributed by atoms with Gasteiger partial charge in [-0.3, -0.25) is 4.98 Å². The van der Waals surface area contributed by atoms with Gasteiger partial charge in [0.05, 0.1) is 19.4 Å². The first-order valence-electron chi connectivity index (χ1n) is 7.61. The maximum atomic E-state index is 13.9. The summed E-state index contributed by atoms with van der Waals surface area (Å²) < 4.78 is 24.5. The molecule has 0 radical (unpaired) electrons. The zero-order valence-corrected chi connectivity index (χ0v) is 14.2. The molecular weight excluding hydrogens is 349 g/mol. The van der Waals surface area contributed by atoms with E-state index < -0.39 is 29.6 Å². The fraction of sp³-hybridized carbons (Fsp3) is 0.353. The zero-order chi connectivity index (χ0) is 18.0. The highest BCUT2D eigenvalue weighted by molar-refractivity contribution is 7.99. The third kappa shape index (κ3) is 3.87. The van der Waals surface area contributed by atoms with Gasteiger partial charge >= 0.3 is 0 Å². The summed E-state index contributed by atoms with van der Waals surface area (Å²) in [6.07, 6.45) is -0.453. The van der Waals surface area contributed by atoms with E-state index in [0.29, 0.717) is 16.9 Å². The van der Waals surface area contributed by atoms with Gasteiger partial charge in [-0.05, 0) is 23.8 Å². The zero-order valence-electron chi connectivity index (χ0n) is 13.4. The van der Waals surface area contributed by atoms with Gasteiger partial charge in [0.15, 0.2) is 17.0 Å². The maximum absolute atomic E-state index is 13.9. The molecule has 1 aliphatic heterocycles. The van der Waals surface area contributed by atoms with Crippen molar-refractivity contribution in [2.24, 2.45) is 0 Å². The number of aliphatic hydroxyl groups is 3. The fourth-order valence-electron chi connectivity index (χ4n) is 2.50. The van der Waals surface area contributed by atoms with Gasteiger partial charge in [0.25, 0.3) is 0 Å². The van der Waals surface area contributed by atoms with Gasteiger partial charge in [-0.15, -0.1) is 11.8 Å². The predicted molar refractivity (Wildman–Crippen MR) is 91.1 cm³/mol. The van der Waals surface area contributed by atoms with E-state index in [2.05, 4.69) is 4.98 Å². The Balaban J connectivity index is 1.79. The van der Waals surface area contributed by atoms with Crippen LogP contribution < -0.4 is 9.47 Å². The van der Waals surface area contributed by atoms with Crippen molar-refractivity contribution in [3.05, 3.63) is 42.5 Å². The Hall–Kier alpha value is -1.87. The lowest BCUT2D eigenvalue weighted by atomic mass is 10.1. The van der Waals surface area contributed by atoms with Crippen LogP contribution in [0, 0.1) is 5.82 Å². The van der Waals surface area contributed by atoms with Crippen LogP contribution >= 0.6 is 11.8 Å². The smallest absolute Gasteiger partial charge is 0.173 e. The minimum absolute atomic E-state index is 0.151. The van der Waals surface area contributed by atoms with Crippen LogP contribution in [0.2, 0.25) is 0 Å². The van der Waals surface area contributed by atoms with Gasteiger partial charge in [0, 0.05) is 17.5 Å². The van der Waals surface area contributed by atoms with Crippen molar-refractivity contribution in [3.63, 3.8) is 0 Å². The molecule has 6 nitrogen and oxygen atoms in total. The van der Waals surface area contributed by atoms with Crippen molar-refractivity contribution in [2.75, 3.05) is 12.9 Å². The molecule has 0 spiro atoms. The Morgan fingerprint density at radius 1 is 1.12 bits per heavy atom. The van der Waals surface area contributed by atoms with Crippen LogP contribution in [-0.4, -0.2) is 56.9 Å². The topological polar surface area (TPSA) is 92.0 Å². The molecule has 2 heterocycles. The van der Waals surface area contributed by atoms with Crippen LogP contribution in [0.4, 0.5) is 4.39 Å². The molecule has 3 N–H and O–H groups in total. The number of halogens is 1. The van der Waals surface area contributed by atoms with E-state index in [-0.39, 0.29) is 11.5 Å². The van der Waals surface area contributed by atoms with E-state index in [1.807, 2.05) is 0 Å². The number of ether oxygens (including phenoxy) is 2. The lowest BCUT2D eigenvalue weighted by Crippen LogP contribution is -2.50. The first-order valence-corrected chi connectivity index (χ1v) is 8.66. The van der Waals surface area contributed by atoms with Gasteiger partial charge in [-0.1, -0.05) is 6.07 Å². The third-order valence-corrected chi connectivity index (χ3v) is 5.14. The van der Waals surface area contributed by atoms with E-state index in [9.17, 15) is 19.7 Å². The molecule has 1 aromatic carbocycles. The molecule has 1 saturated heterocycles. The van der Waals surface area contributed by atoms with Crippen LogP contribution in [0.15, 0.2) is 36.7 Å². The molecule has 1 aliphatic rings. The predicted octanol–water partition coefficient (Wildman–Crippen LogP) is 1.43. The average molecular weight is 367 g/mol. The van der Waals surface area contributed by atoms with Crippen molar-refractivity contribution in [2.45, 2.75) is 23.7 Å². The van der Waals surface area contributed by atoms with Gasteiger partial charge in [-0.2, -0.15) is 0 Å². The second-order valence-electron chi connectivity index (χ2n) is 5.63. The molecule has 0 aliphatic carbocycles. The molecule has 25 heavy (non-hydrogen) atoms. The minimum atomic E-state index is -1.27. The molecule has 1 fully saturated rings. The summed E-state index contributed by atoms with van der Waals surface area (Å²) in [4.78, 5) is 4.08. The molecule has 0 bridgehead atoms. The first kappa shape index (κ1) is 17.9. The molecule has 4 atom stereocenters. The quantitative estimate of drug-likeness (QED) is 0.753. The summed E-state index contributed by atoms with van der Waals surface area (Å²) in [5, 5.41) is 29.3. The van der Waals surface area contributed by atoms with E-state index in [4.69, 9.17) is 9.47 Å². The standard InChI is InChI=1S/C17H18FNO5S/c1-23-14-3-2-9(5-12(14)18)10-4-11(7-19-6-10)24-17-16(22)15(21)13(20)8-25-17/h2-7,13,15-17,20-22H,8H2,1H3/t13-,15+,16-,17-/m1/s1. The van der Waals surface area contributed by atoms with Crippen molar-refractivity contribution < 1.29 is 29.2 Å². The number of rotatable bonds is 4. The number of pyridine rings is 1. The number of aromatic nitrogens is 1. The molecule has 3 rings (SSSR count). The fourth-order valence-corrected chi connectivity index (χ4v) is 3.63. The van der Waals surface area contributed by atoms with Crippen molar-refractivity contribution in [1.82, 2.24) is 4.98 Å². The van der Waals surface area contributed by atoms with Gasteiger partial charge < -0.3 is 24.8 Å². The van der Waals surface area contributed by atoms with E-state index in [1.54, 1.807) is 18.3 Å². The van der Waals surface area contributed by atoms with Crippen LogP contribution in [0.1, 0.15) is 0 Å². The van der Waals surface area contributed by atoms with Crippen LogP contribution in [0.3, 0.4) is 0 Å². The highest BCUT2D eigenvalue weighted by Gasteiger charge is 2.38. The monoisotopic (exact) mass is 367 g/mol. The normalized spacial score (nSPS) is 26.3. The van der Waals surface area contributed by atoms with E-state index in [1.165, 1.54) is 37.2 Å². The minimum Gasteiger partial charge on any atom is -0.494 e.